The number of thioether (sulfide) groups is 1. The van der Waals surface area contributed by atoms with E-state index in [0.717, 1.165) is 21.0 Å². The lowest BCUT2D eigenvalue weighted by molar-refractivity contribution is -0.113. The molecule has 0 unspecified atom stereocenters. The van der Waals surface area contributed by atoms with E-state index < -0.39 is 0 Å². The number of aromatic nitrogens is 2. The van der Waals surface area contributed by atoms with Gasteiger partial charge in [0.15, 0.2) is 5.16 Å². The summed E-state index contributed by atoms with van der Waals surface area (Å²) in [5.41, 5.74) is 2.96. The highest BCUT2D eigenvalue weighted by atomic mass is 32.2. The molecule has 1 heterocycles. The van der Waals surface area contributed by atoms with Crippen molar-refractivity contribution in [2.75, 3.05) is 11.1 Å². The van der Waals surface area contributed by atoms with Gasteiger partial charge in [0, 0.05) is 27.5 Å². The van der Waals surface area contributed by atoms with Crippen LogP contribution < -0.4 is 10.9 Å². The molecule has 33 heavy (non-hydrogen) atoms. The summed E-state index contributed by atoms with van der Waals surface area (Å²) in [6.45, 7) is 1.83. The second kappa shape index (κ2) is 11.0. The first-order valence-corrected chi connectivity index (χ1v) is 12.3. The fourth-order valence-electron chi connectivity index (χ4n) is 3.26. The van der Waals surface area contributed by atoms with E-state index in [-0.39, 0.29) is 17.2 Å². The fraction of sp³-hybridized carbons (Fsp3) is 0.115. The van der Waals surface area contributed by atoms with Crippen LogP contribution in [0.1, 0.15) is 16.8 Å². The minimum absolute atomic E-state index is 0.144. The Labute approximate surface area is 201 Å². The van der Waals surface area contributed by atoms with Crippen LogP contribution in [-0.4, -0.2) is 21.6 Å². The van der Waals surface area contributed by atoms with Gasteiger partial charge in [-0.15, -0.1) is 0 Å². The molecule has 0 saturated carbocycles. The molecule has 1 amide bonds. The number of amides is 1. The van der Waals surface area contributed by atoms with Gasteiger partial charge in [0.05, 0.1) is 11.4 Å². The number of nitrogens with one attached hydrogen (secondary N) is 2. The molecule has 0 fully saturated rings. The second-order valence-electron chi connectivity index (χ2n) is 7.35. The number of benzene rings is 3. The number of H-pyrrole nitrogens is 1. The molecule has 0 radical (unpaired) electrons. The number of aromatic amines is 1. The molecular weight excluding hydrogens is 450 g/mol. The summed E-state index contributed by atoms with van der Waals surface area (Å²) in [7, 11) is 0. The summed E-state index contributed by atoms with van der Waals surface area (Å²) in [6.07, 6.45) is 0.524. The Kier molecular flexibility index (Phi) is 7.65. The molecule has 5 nitrogen and oxygen atoms in total. The van der Waals surface area contributed by atoms with Gasteiger partial charge < -0.3 is 10.3 Å². The molecule has 2 N–H and O–H groups in total. The number of hydrogen-bond donors (Lipinski definition) is 2. The van der Waals surface area contributed by atoms with E-state index in [2.05, 4.69) is 15.3 Å². The van der Waals surface area contributed by atoms with Gasteiger partial charge >= 0.3 is 0 Å². The van der Waals surface area contributed by atoms with Crippen molar-refractivity contribution in [1.82, 2.24) is 9.97 Å². The number of aryl methyl sites for hydroxylation is 1. The van der Waals surface area contributed by atoms with E-state index >= 15 is 0 Å². The van der Waals surface area contributed by atoms with Crippen LogP contribution in [0.15, 0.2) is 105 Å². The van der Waals surface area contributed by atoms with Gasteiger partial charge in [-0.05, 0) is 36.8 Å². The number of carbonyl (C=O) groups is 1. The van der Waals surface area contributed by atoms with Crippen LogP contribution in [0.5, 0.6) is 0 Å². The highest BCUT2D eigenvalue weighted by Crippen LogP contribution is 2.33. The summed E-state index contributed by atoms with van der Waals surface area (Å²) in [6, 6.07) is 27.5. The molecule has 0 aliphatic carbocycles. The average molecular weight is 474 g/mol. The van der Waals surface area contributed by atoms with Crippen LogP contribution in [0.2, 0.25) is 0 Å². The zero-order valence-corrected chi connectivity index (χ0v) is 19.7. The van der Waals surface area contributed by atoms with Crippen molar-refractivity contribution < 1.29 is 4.79 Å². The number of anilines is 1. The van der Waals surface area contributed by atoms with Crippen LogP contribution in [0.4, 0.5) is 5.69 Å². The summed E-state index contributed by atoms with van der Waals surface area (Å²) in [4.78, 5) is 34.6. The third-order valence-electron chi connectivity index (χ3n) is 4.90. The first-order chi connectivity index (χ1) is 16.1. The van der Waals surface area contributed by atoms with E-state index in [1.54, 1.807) is 11.8 Å². The van der Waals surface area contributed by atoms with Crippen LogP contribution in [0, 0.1) is 6.92 Å². The smallest absolute Gasteiger partial charge is 0.255 e. The molecule has 0 saturated heterocycles. The van der Waals surface area contributed by atoms with Crippen molar-refractivity contribution in [3.8, 4) is 0 Å². The van der Waals surface area contributed by atoms with Crippen molar-refractivity contribution in [2.45, 2.75) is 28.3 Å². The van der Waals surface area contributed by atoms with E-state index in [1.165, 1.54) is 11.8 Å². The van der Waals surface area contributed by atoms with Crippen LogP contribution in [0.25, 0.3) is 0 Å². The minimum atomic E-state index is -0.168. The van der Waals surface area contributed by atoms with Crippen molar-refractivity contribution in [2.24, 2.45) is 0 Å². The standard InChI is InChI=1S/C26H23N3O2S2/c1-18-21(16-19-10-4-2-5-11-19)25(31)29-26(27-18)32-17-24(30)28-22-14-8-9-15-23(22)33-20-12-6-3-7-13-20/h2-15H,16-17H2,1H3,(H,28,30)(H,27,29,31). The third kappa shape index (κ3) is 6.37. The molecule has 0 aliphatic rings. The normalized spacial score (nSPS) is 10.7. The maximum atomic E-state index is 12.6. The lowest BCUT2D eigenvalue weighted by Gasteiger charge is -2.11. The quantitative estimate of drug-likeness (QED) is 0.259. The highest BCUT2D eigenvalue weighted by Gasteiger charge is 2.12. The van der Waals surface area contributed by atoms with Crippen LogP contribution >= 0.6 is 23.5 Å². The Bertz CT molecular complexity index is 1290. The fourth-order valence-corrected chi connectivity index (χ4v) is 4.88. The zero-order valence-electron chi connectivity index (χ0n) is 18.1. The maximum Gasteiger partial charge on any atom is 0.255 e. The largest absolute Gasteiger partial charge is 0.324 e. The third-order valence-corrected chi connectivity index (χ3v) is 6.85. The molecule has 3 aromatic carbocycles. The van der Waals surface area contributed by atoms with Gasteiger partial charge in [0.1, 0.15) is 0 Å². The Balaban J connectivity index is 1.39. The topological polar surface area (TPSA) is 74.8 Å². The number of rotatable bonds is 8. The van der Waals surface area contributed by atoms with Gasteiger partial charge in [-0.1, -0.05) is 84.2 Å². The minimum Gasteiger partial charge on any atom is -0.324 e. The molecule has 4 rings (SSSR count). The van der Waals surface area contributed by atoms with Gasteiger partial charge in [0.2, 0.25) is 5.91 Å². The number of para-hydroxylation sites is 1. The molecular formula is C26H23N3O2S2. The van der Waals surface area contributed by atoms with Crippen molar-refractivity contribution in [3.63, 3.8) is 0 Å². The average Bonchev–Trinajstić information content (AvgIpc) is 2.83. The Morgan fingerprint density at radius 1 is 0.939 bits per heavy atom. The summed E-state index contributed by atoms with van der Waals surface area (Å²) in [5.74, 6) is -0.0140. The zero-order chi connectivity index (χ0) is 23.0. The summed E-state index contributed by atoms with van der Waals surface area (Å²) < 4.78 is 0. The van der Waals surface area contributed by atoms with Crippen LogP contribution in [-0.2, 0) is 11.2 Å². The van der Waals surface area contributed by atoms with Gasteiger partial charge in [-0.2, -0.15) is 0 Å². The monoisotopic (exact) mass is 473 g/mol. The second-order valence-corrected chi connectivity index (χ2v) is 9.42. The highest BCUT2D eigenvalue weighted by molar-refractivity contribution is 8.00. The maximum absolute atomic E-state index is 12.6. The van der Waals surface area contributed by atoms with Gasteiger partial charge in [0.25, 0.3) is 5.56 Å². The Morgan fingerprint density at radius 2 is 1.61 bits per heavy atom. The predicted octanol–water partition coefficient (Wildman–Crippen LogP) is 5.55. The summed E-state index contributed by atoms with van der Waals surface area (Å²) >= 11 is 2.81. The van der Waals surface area contributed by atoms with Crippen LogP contribution in [0.3, 0.4) is 0 Å². The Morgan fingerprint density at radius 3 is 2.33 bits per heavy atom. The predicted molar refractivity (Wildman–Crippen MR) is 135 cm³/mol. The first kappa shape index (κ1) is 22.9. The van der Waals surface area contributed by atoms with Crippen molar-refractivity contribution >= 4 is 35.1 Å². The molecule has 0 atom stereocenters. The van der Waals surface area contributed by atoms with E-state index in [0.29, 0.717) is 22.8 Å². The first-order valence-electron chi connectivity index (χ1n) is 10.5. The van der Waals surface area contributed by atoms with Crippen molar-refractivity contribution in [1.29, 1.82) is 0 Å². The number of hydrogen-bond acceptors (Lipinski definition) is 5. The molecule has 166 valence electrons. The number of carbonyl (C=O) groups excluding carboxylic acids is 1. The van der Waals surface area contributed by atoms with E-state index in [1.807, 2.05) is 91.9 Å². The molecule has 0 bridgehead atoms. The molecule has 0 aliphatic heterocycles. The van der Waals surface area contributed by atoms with Gasteiger partial charge in [-0.25, -0.2) is 4.98 Å². The van der Waals surface area contributed by atoms with E-state index in [9.17, 15) is 9.59 Å². The number of nitrogens with zero attached hydrogens (tertiary/aromatic N) is 1. The SMILES string of the molecule is Cc1nc(SCC(=O)Nc2ccccc2Sc2ccccc2)[nH]c(=O)c1Cc1ccccc1. The van der Waals surface area contributed by atoms with Crippen molar-refractivity contribution in [3.05, 3.63) is 112 Å². The lowest BCUT2D eigenvalue weighted by Crippen LogP contribution is -2.19. The molecule has 4 aromatic rings. The van der Waals surface area contributed by atoms with Gasteiger partial charge in [-0.3, -0.25) is 9.59 Å². The molecule has 1 aromatic heterocycles. The summed E-state index contributed by atoms with van der Waals surface area (Å²) in [5, 5.41) is 3.42. The molecule has 7 heteroatoms. The Hall–Kier alpha value is -3.29. The molecule has 0 spiro atoms. The lowest BCUT2D eigenvalue weighted by atomic mass is 10.1. The van der Waals surface area contributed by atoms with E-state index in [4.69, 9.17) is 0 Å².